The van der Waals surface area contributed by atoms with Gasteiger partial charge in [0.2, 0.25) is 0 Å². The molecule has 2 nitrogen and oxygen atoms in total. The van der Waals surface area contributed by atoms with Gasteiger partial charge in [-0.2, -0.15) is 13.2 Å². The third-order valence-corrected chi connectivity index (χ3v) is 3.36. The van der Waals surface area contributed by atoms with Crippen LogP contribution in [0.3, 0.4) is 0 Å². The minimum atomic E-state index is -5.24. The number of halogens is 7. The standard InChI is InChI=1S/C11H7BrF6O2/c1-5(19)9(12)6-2-3-8(20-11(16,17)18)7(4-6)10(13,14)15/h2-4,9H,1H3. The van der Waals surface area contributed by atoms with Crippen molar-refractivity contribution >= 4 is 21.7 Å². The van der Waals surface area contributed by atoms with E-state index in [1.165, 1.54) is 0 Å². The lowest BCUT2D eigenvalue weighted by atomic mass is 10.0. The third-order valence-electron chi connectivity index (χ3n) is 2.18. The second kappa shape index (κ2) is 5.63. The SMILES string of the molecule is CC(=O)C(Br)c1ccc(OC(F)(F)F)c(C(F)(F)F)c1. The third kappa shape index (κ3) is 4.39. The number of ketones is 1. The van der Waals surface area contributed by atoms with Crippen LogP contribution >= 0.6 is 15.9 Å². The molecule has 0 saturated heterocycles. The van der Waals surface area contributed by atoms with E-state index < -0.39 is 34.5 Å². The van der Waals surface area contributed by atoms with Gasteiger partial charge in [-0.3, -0.25) is 4.79 Å². The Morgan fingerprint density at radius 1 is 1.20 bits per heavy atom. The lowest BCUT2D eigenvalue weighted by Crippen LogP contribution is -2.20. The van der Waals surface area contributed by atoms with E-state index in [0.717, 1.165) is 13.0 Å². The zero-order chi connectivity index (χ0) is 15.7. The smallest absolute Gasteiger partial charge is 0.405 e. The first-order chi connectivity index (χ1) is 8.92. The van der Waals surface area contributed by atoms with Gasteiger partial charge >= 0.3 is 12.5 Å². The van der Waals surface area contributed by atoms with Crippen LogP contribution in [0.25, 0.3) is 0 Å². The van der Waals surface area contributed by atoms with Gasteiger partial charge in [0.05, 0.1) is 10.4 Å². The number of hydrogen-bond donors (Lipinski definition) is 0. The summed E-state index contributed by atoms with van der Waals surface area (Å²) in [5, 5.41) is 0. The van der Waals surface area contributed by atoms with Crippen molar-refractivity contribution in [2.24, 2.45) is 0 Å². The molecule has 0 bridgehead atoms. The first-order valence-corrected chi connectivity index (χ1v) is 5.95. The van der Waals surface area contributed by atoms with Crippen LogP contribution in [0.15, 0.2) is 18.2 Å². The number of hydrogen-bond acceptors (Lipinski definition) is 2. The highest BCUT2D eigenvalue weighted by molar-refractivity contribution is 9.09. The van der Waals surface area contributed by atoms with Crippen LogP contribution in [0.1, 0.15) is 22.9 Å². The van der Waals surface area contributed by atoms with Crippen molar-refractivity contribution in [3.8, 4) is 5.75 Å². The minimum Gasteiger partial charge on any atom is -0.405 e. The van der Waals surface area contributed by atoms with E-state index in [2.05, 4.69) is 20.7 Å². The Balaban J connectivity index is 3.31. The predicted molar refractivity (Wildman–Crippen MR) is 60.5 cm³/mol. The Hall–Kier alpha value is -1.25. The van der Waals surface area contributed by atoms with Gasteiger partial charge in [0, 0.05) is 0 Å². The Bertz CT molecular complexity index is 509. The molecule has 0 fully saturated rings. The summed E-state index contributed by atoms with van der Waals surface area (Å²) in [4.78, 5) is 10.0. The van der Waals surface area contributed by atoms with Crippen LogP contribution in [-0.2, 0) is 11.0 Å². The fraction of sp³-hybridized carbons (Fsp3) is 0.364. The Labute approximate surface area is 117 Å². The van der Waals surface area contributed by atoms with Crippen LogP contribution in [0.2, 0.25) is 0 Å². The van der Waals surface area contributed by atoms with Crippen molar-refractivity contribution in [2.75, 3.05) is 0 Å². The zero-order valence-electron chi connectivity index (χ0n) is 9.77. The van der Waals surface area contributed by atoms with Crippen molar-refractivity contribution in [3.63, 3.8) is 0 Å². The molecule has 9 heteroatoms. The normalized spacial score (nSPS) is 14.0. The van der Waals surface area contributed by atoms with Crippen molar-refractivity contribution in [1.82, 2.24) is 0 Å². The summed E-state index contributed by atoms with van der Waals surface area (Å²) in [6.45, 7) is 1.13. The number of alkyl halides is 7. The molecule has 112 valence electrons. The Kier molecular flexibility index (Phi) is 4.73. The molecular formula is C11H7BrF6O2. The molecule has 0 N–H and O–H groups in total. The summed E-state index contributed by atoms with van der Waals surface area (Å²) in [5.41, 5.74) is -1.71. The number of benzene rings is 1. The molecule has 0 spiro atoms. The van der Waals surface area contributed by atoms with Crippen LogP contribution in [0, 0.1) is 0 Å². The van der Waals surface area contributed by atoms with E-state index in [0.29, 0.717) is 12.1 Å². The lowest BCUT2D eigenvalue weighted by Gasteiger charge is -2.17. The van der Waals surface area contributed by atoms with Gasteiger partial charge in [-0.15, -0.1) is 13.2 Å². The molecule has 0 aliphatic rings. The molecule has 1 aromatic rings. The zero-order valence-corrected chi connectivity index (χ0v) is 11.4. The molecule has 0 aromatic heterocycles. The average Bonchev–Trinajstić information content (AvgIpc) is 2.24. The maximum Gasteiger partial charge on any atom is 0.573 e. The number of ether oxygens (including phenoxy) is 1. The van der Waals surface area contributed by atoms with Crippen LogP contribution < -0.4 is 4.74 Å². The second-order valence-corrected chi connectivity index (χ2v) is 4.69. The maximum absolute atomic E-state index is 12.7. The van der Waals surface area contributed by atoms with E-state index in [9.17, 15) is 31.1 Å². The van der Waals surface area contributed by atoms with Gasteiger partial charge in [-0.1, -0.05) is 22.0 Å². The number of carbonyl (C=O) groups is 1. The largest absolute Gasteiger partial charge is 0.573 e. The van der Waals surface area contributed by atoms with Gasteiger partial charge in [-0.25, -0.2) is 0 Å². The van der Waals surface area contributed by atoms with Crippen molar-refractivity contribution in [2.45, 2.75) is 24.3 Å². The molecule has 1 atom stereocenters. The maximum atomic E-state index is 12.7. The molecule has 0 aliphatic heterocycles. The molecule has 0 aliphatic carbocycles. The molecule has 20 heavy (non-hydrogen) atoms. The molecule has 1 unspecified atom stereocenters. The van der Waals surface area contributed by atoms with E-state index in [1.54, 1.807) is 0 Å². The van der Waals surface area contributed by atoms with E-state index in [4.69, 9.17) is 0 Å². The van der Waals surface area contributed by atoms with Crippen LogP contribution in [0.4, 0.5) is 26.3 Å². The molecule has 0 heterocycles. The highest BCUT2D eigenvalue weighted by Gasteiger charge is 2.39. The first kappa shape index (κ1) is 16.8. The quantitative estimate of drug-likeness (QED) is 0.577. The molecular weight excluding hydrogens is 358 g/mol. The molecule has 0 amide bonds. The van der Waals surface area contributed by atoms with Crippen molar-refractivity contribution < 1.29 is 35.9 Å². The van der Waals surface area contributed by atoms with Crippen LogP contribution in [0.5, 0.6) is 5.75 Å². The summed E-state index contributed by atoms with van der Waals surface area (Å²) in [5.74, 6) is -1.85. The highest BCUT2D eigenvalue weighted by atomic mass is 79.9. The fourth-order valence-corrected chi connectivity index (χ4v) is 1.66. The van der Waals surface area contributed by atoms with Crippen molar-refractivity contribution in [3.05, 3.63) is 29.3 Å². The molecule has 1 aromatic carbocycles. The predicted octanol–water partition coefficient (Wildman–Crippen LogP) is 4.63. The monoisotopic (exact) mass is 364 g/mol. The Morgan fingerprint density at radius 2 is 1.75 bits per heavy atom. The second-order valence-electron chi connectivity index (χ2n) is 3.77. The van der Waals surface area contributed by atoms with Gasteiger partial charge < -0.3 is 4.74 Å². The van der Waals surface area contributed by atoms with E-state index in [1.807, 2.05) is 0 Å². The first-order valence-electron chi connectivity index (χ1n) is 5.03. The summed E-state index contributed by atoms with van der Waals surface area (Å²) < 4.78 is 77.6. The summed E-state index contributed by atoms with van der Waals surface area (Å²) in [7, 11) is 0. The number of carbonyl (C=O) groups excluding carboxylic acids is 1. The fourth-order valence-electron chi connectivity index (χ4n) is 1.38. The summed E-state index contributed by atoms with van der Waals surface area (Å²) >= 11 is 2.86. The van der Waals surface area contributed by atoms with Gasteiger partial charge in [0.1, 0.15) is 11.5 Å². The molecule has 0 saturated carbocycles. The topological polar surface area (TPSA) is 26.3 Å². The number of rotatable bonds is 3. The summed E-state index contributed by atoms with van der Waals surface area (Å²) in [6.07, 6.45) is -10.3. The summed E-state index contributed by atoms with van der Waals surface area (Å²) in [6, 6.07) is 1.93. The highest BCUT2D eigenvalue weighted by Crippen LogP contribution is 2.40. The average molecular weight is 365 g/mol. The Morgan fingerprint density at radius 3 is 2.15 bits per heavy atom. The van der Waals surface area contributed by atoms with Gasteiger partial charge in [0.15, 0.2) is 0 Å². The number of Topliss-reactive ketones (excluding diaryl/α,β-unsaturated/α-hetero) is 1. The molecule has 1 rings (SSSR count). The lowest BCUT2D eigenvalue weighted by molar-refractivity contribution is -0.276. The minimum absolute atomic E-state index is 0.112. The van der Waals surface area contributed by atoms with Gasteiger partial charge in [-0.05, 0) is 24.6 Å². The molecule has 0 radical (unpaired) electrons. The van der Waals surface area contributed by atoms with E-state index >= 15 is 0 Å². The van der Waals surface area contributed by atoms with Gasteiger partial charge in [0.25, 0.3) is 0 Å². The van der Waals surface area contributed by atoms with E-state index in [-0.39, 0.29) is 5.56 Å². The van der Waals surface area contributed by atoms with Crippen molar-refractivity contribution in [1.29, 1.82) is 0 Å². The van der Waals surface area contributed by atoms with Crippen LogP contribution in [-0.4, -0.2) is 12.1 Å².